The van der Waals surface area contributed by atoms with Crippen molar-refractivity contribution in [3.8, 4) is 5.75 Å². The lowest BCUT2D eigenvalue weighted by Crippen LogP contribution is -2.39. The van der Waals surface area contributed by atoms with Crippen molar-refractivity contribution in [3.05, 3.63) is 87.2 Å². The first kappa shape index (κ1) is 32.6. The van der Waals surface area contributed by atoms with E-state index in [0.29, 0.717) is 11.1 Å². The Kier molecular flexibility index (Phi) is 9.88. The minimum absolute atomic E-state index is 0.0826. The molecule has 0 bridgehead atoms. The average Bonchev–Trinajstić information content (AvgIpc) is 3.56. The third-order valence-corrected chi connectivity index (χ3v) is 10.3. The van der Waals surface area contributed by atoms with Gasteiger partial charge in [0.1, 0.15) is 30.1 Å². The van der Waals surface area contributed by atoms with Gasteiger partial charge in [-0.05, 0) is 29.4 Å². The number of aliphatic hydroxyl groups excluding tert-OH is 2. The normalized spacial score (nSPS) is 20.9. The van der Waals surface area contributed by atoms with Gasteiger partial charge in [-0.2, -0.15) is 4.98 Å². The third kappa shape index (κ3) is 7.53. The molecule has 45 heavy (non-hydrogen) atoms. The van der Waals surface area contributed by atoms with Crippen molar-refractivity contribution in [2.75, 3.05) is 12.3 Å². The summed E-state index contributed by atoms with van der Waals surface area (Å²) in [5.74, 6) is -0.0488. The molecule has 2 aromatic heterocycles. The van der Waals surface area contributed by atoms with Crippen LogP contribution >= 0.6 is 19.5 Å². The van der Waals surface area contributed by atoms with Crippen LogP contribution in [0.1, 0.15) is 24.4 Å². The number of nitrogens with one attached hydrogen (secondary N) is 1. The van der Waals surface area contributed by atoms with Crippen LogP contribution in [0.5, 0.6) is 5.75 Å². The monoisotopic (exact) mass is 661 g/mol. The maximum Gasteiger partial charge on any atom is 0.459 e. The molecule has 240 valence electrons. The van der Waals surface area contributed by atoms with Gasteiger partial charge in [-0.1, -0.05) is 41.4 Å². The number of ether oxygens (including phenoxy) is 1. The Hall–Kier alpha value is -3.83. The summed E-state index contributed by atoms with van der Waals surface area (Å²) in [6.45, 7) is 1.02. The molecule has 5 rings (SSSR count). The zero-order valence-corrected chi connectivity index (χ0v) is 25.9. The van der Waals surface area contributed by atoms with Crippen LogP contribution in [0.15, 0.2) is 65.7 Å². The van der Waals surface area contributed by atoms with E-state index >= 15 is 0 Å². The van der Waals surface area contributed by atoms with Crippen molar-refractivity contribution in [3.63, 3.8) is 0 Å². The number of benzene rings is 2. The largest absolute Gasteiger partial charge is 0.459 e. The van der Waals surface area contributed by atoms with E-state index in [1.165, 1.54) is 53.3 Å². The van der Waals surface area contributed by atoms with Crippen molar-refractivity contribution in [2.24, 2.45) is 7.05 Å². The number of aliphatic hydroxyl groups is 2. The quantitative estimate of drug-likeness (QED) is 0.0701. The summed E-state index contributed by atoms with van der Waals surface area (Å²) in [6.07, 6.45) is 0.507. The number of nitro groups is 1. The Balaban J connectivity index is 1.31. The van der Waals surface area contributed by atoms with Crippen LogP contribution in [0.2, 0.25) is 0 Å². The summed E-state index contributed by atoms with van der Waals surface area (Å²) < 4.78 is 34.2. The molecule has 18 heteroatoms. The smallest absolute Gasteiger partial charge is 0.413 e. The van der Waals surface area contributed by atoms with E-state index in [1.807, 2.05) is 18.2 Å². The molecular formula is C27H32N7O9PS. The number of nitrogen functional groups attached to an aromatic ring is 1. The van der Waals surface area contributed by atoms with E-state index in [0.717, 1.165) is 5.39 Å². The maximum atomic E-state index is 14.3. The predicted octanol–water partition coefficient (Wildman–Crippen LogP) is 2.70. The van der Waals surface area contributed by atoms with E-state index in [1.54, 1.807) is 24.3 Å². The van der Waals surface area contributed by atoms with E-state index in [4.69, 9.17) is 19.5 Å². The zero-order valence-electron chi connectivity index (χ0n) is 24.2. The standard InChI is InChI=1S/C27H32N7O9PS/c1-16(25(36)41-14-18-13-29-26(32(18)2)34(38)39)31-44(40,43-21-9-5-7-17-6-3-4-8-19(17)21)42-15-22-20(35)12-24(45-22)33-11-10-23(28)30-27(33)37/h3-11,13,16,20,22,24-25,35-36H,12,14-15H2,1-2H3,(H,31,40)(H2,28,30,37)/t16-,20+,22+,24+,25?,44?/m0/s1. The highest BCUT2D eigenvalue weighted by molar-refractivity contribution is 8.00. The first-order valence-electron chi connectivity index (χ1n) is 13.8. The zero-order chi connectivity index (χ0) is 32.3. The first-order chi connectivity index (χ1) is 21.4. The Morgan fingerprint density at radius 3 is 2.76 bits per heavy atom. The van der Waals surface area contributed by atoms with Gasteiger partial charge in [-0.15, -0.1) is 11.8 Å². The number of imidazole rings is 1. The predicted molar refractivity (Wildman–Crippen MR) is 165 cm³/mol. The molecule has 1 aliphatic rings. The molecule has 1 saturated heterocycles. The maximum absolute atomic E-state index is 14.3. The van der Waals surface area contributed by atoms with E-state index in [2.05, 4.69) is 15.1 Å². The highest BCUT2D eigenvalue weighted by Crippen LogP contribution is 2.49. The molecule has 0 spiro atoms. The Morgan fingerprint density at radius 2 is 2.02 bits per heavy atom. The molecule has 2 unspecified atom stereocenters. The van der Waals surface area contributed by atoms with Crippen LogP contribution in [0.3, 0.4) is 0 Å². The summed E-state index contributed by atoms with van der Waals surface area (Å²) in [5, 5.41) is 35.8. The van der Waals surface area contributed by atoms with Gasteiger partial charge in [0.05, 0.1) is 36.4 Å². The molecule has 1 fully saturated rings. The topological polar surface area (TPSA) is 219 Å². The van der Waals surface area contributed by atoms with Crippen molar-refractivity contribution in [1.82, 2.24) is 24.2 Å². The fourth-order valence-electron chi connectivity index (χ4n) is 4.71. The van der Waals surface area contributed by atoms with Crippen molar-refractivity contribution in [2.45, 2.75) is 49.0 Å². The molecule has 0 amide bonds. The Labute approximate surface area is 260 Å². The van der Waals surface area contributed by atoms with Crippen LogP contribution in [0.25, 0.3) is 10.8 Å². The van der Waals surface area contributed by atoms with Crippen LogP contribution in [0.4, 0.5) is 11.8 Å². The molecule has 5 N–H and O–H groups in total. The minimum Gasteiger partial charge on any atom is -0.413 e. The fraction of sp³-hybridized carbons (Fsp3) is 0.370. The molecule has 0 saturated carbocycles. The molecule has 0 radical (unpaired) electrons. The number of aromatic nitrogens is 4. The summed E-state index contributed by atoms with van der Waals surface area (Å²) in [6, 6.07) is 13.0. The number of rotatable bonds is 13. The van der Waals surface area contributed by atoms with Crippen molar-refractivity contribution in [1.29, 1.82) is 0 Å². The van der Waals surface area contributed by atoms with E-state index < -0.39 is 47.4 Å². The van der Waals surface area contributed by atoms with Crippen molar-refractivity contribution < 1.29 is 33.5 Å². The van der Waals surface area contributed by atoms with Crippen LogP contribution in [-0.2, 0) is 27.5 Å². The second-order valence-electron chi connectivity index (χ2n) is 10.3. The molecule has 1 aliphatic heterocycles. The van der Waals surface area contributed by atoms with E-state index in [9.17, 15) is 29.7 Å². The molecular weight excluding hydrogens is 629 g/mol. The summed E-state index contributed by atoms with van der Waals surface area (Å²) in [5.41, 5.74) is 5.37. The van der Waals surface area contributed by atoms with Gasteiger partial charge in [0.2, 0.25) is 0 Å². The summed E-state index contributed by atoms with van der Waals surface area (Å²) in [7, 11) is -2.83. The van der Waals surface area contributed by atoms with Gasteiger partial charge in [0.15, 0.2) is 6.29 Å². The number of hydrogen-bond donors (Lipinski definition) is 4. The lowest BCUT2D eigenvalue weighted by atomic mass is 10.1. The number of anilines is 1. The molecule has 4 aromatic rings. The fourth-order valence-corrected chi connectivity index (χ4v) is 7.84. The first-order valence-corrected chi connectivity index (χ1v) is 16.2. The highest BCUT2D eigenvalue weighted by Gasteiger charge is 2.39. The number of thioether (sulfide) groups is 1. The van der Waals surface area contributed by atoms with Crippen LogP contribution < -0.4 is 21.0 Å². The molecule has 6 atom stereocenters. The number of fused-ring (bicyclic) bond motifs is 1. The number of hydrogen-bond acceptors (Lipinski definition) is 13. The third-order valence-electron chi connectivity index (χ3n) is 7.16. The molecule has 2 aromatic carbocycles. The lowest BCUT2D eigenvalue weighted by Gasteiger charge is -2.27. The van der Waals surface area contributed by atoms with Crippen molar-refractivity contribution >= 4 is 42.0 Å². The molecule has 3 heterocycles. The minimum atomic E-state index is -4.28. The summed E-state index contributed by atoms with van der Waals surface area (Å²) >= 11 is 1.25. The van der Waals surface area contributed by atoms with Gasteiger partial charge in [0.25, 0.3) is 0 Å². The second kappa shape index (κ2) is 13.7. The highest BCUT2D eigenvalue weighted by atomic mass is 32.2. The Morgan fingerprint density at radius 1 is 1.27 bits per heavy atom. The second-order valence-corrected chi connectivity index (χ2v) is 13.4. The van der Waals surface area contributed by atoms with Gasteiger partial charge in [-0.3, -0.25) is 9.09 Å². The Bertz CT molecular complexity index is 1780. The van der Waals surface area contributed by atoms with Crippen LogP contribution in [-0.4, -0.2) is 64.5 Å². The molecule has 0 aliphatic carbocycles. The van der Waals surface area contributed by atoms with Gasteiger partial charge in [0, 0.05) is 18.0 Å². The lowest BCUT2D eigenvalue weighted by molar-refractivity contribution is -0.396. The summed E-state index contributed by atoms with van der Waals surface area (Å²) in [4.78, 5) is 30.3. The van der Waals surface area contributed by atoms with Crippen LogP contribution in [0, 0.1) is 10.1 Å². The van der Waals surface area contributed by atoms with E-state index in [-0.39, 0.29) is 37.2 Å². The number of nitrogens with two attached hydrogens (primary N) is 1. The SMILES string of the molecule is C[C@H](NP(=O)(OC[C@H]1S[C@@H](n2ccc(N)nc2=O)C[C@H]1O)Oc1cccc2ccccc12)C(O)OCc1cnc([N+](=O)[O-])n1C. The average molecular weight is 662 g/mol. The van der Waals surface area contributed by atoms with Gasteiger partial charge in [-0.25, -0.2) is 19.0 Å². The van der Waals surface area contributed by atoms with Gasteiger partial charge >= 0.3 is 19.4 Å². The molecule has 16 nitrogen and oxygen atoms in total. The number of nitrogens with zero attached hydrogens (tertiary/aromatic N) is 5. The van der Waals surface area contributed by atoms with Gasteiger partial charge < -0.3 is 35.3 Å².